The number of halogens is 1. The van der Waals surface area contributed by atoms with Crippen LogP contribution in [0.5, 0.6) is 5.75 Å². The van der Waals surface area contributed by atoms with Crippen molar-refractivity contribution in [3.63, 3.8) is 0 Å². The first kappa shape index (κ1) is 14.4. The molecule has 0 spiro atoms. The van der Waals surface area contributed by atoms with Crippen molar-refractivity contribution in [3.05, 3.63) is 59.9 Å². The average molecular weight is 292 g/mol. The maximum atomic E-state index is 13.5. The van der Waals surface area contributed by atoms with Crippen molar-refractivity contribution < 1.29 is 18.1 Å². The summed E-state index contributed by atoms with van der Waals surface area (Å²) in [6.07, 6.45) is 0. The minimum absolute atomic E-state index is 0.0748. The van der Waals surface area contributed by atoms with E-state index >= 15 is 0 Å². The van der Waals surface area contributed by atoms with Crippen molar-refractivity contribution in [2.24, 2.45) is 0 Å². The number of carbonyl (C=O) groups excluding carboxylic acids is 1. The van der Waals surface area contributed by atoms with Gasteiger partial charge >= 0.3 is 0 Å². The van der Waals surface area contributed by atoms with Crippen LogP contribution in [0.3, 0.4) is 0 Å². The lowest BCUT2D eigenvalue weighted by molar-refractivity contribution is 0.102. The van der Waals surface area contributed by atoms with Crippen LogP contribution in [0.2, 0.25) is 0 Å². The van der Waals surface area contributed by atoms with Gasteiger partial charge in [-0.15, -0.1) is 0 Å². The van der Waals surface area contributed by atoms with Crippen LogP contribution in [-0.4, -0.2) is 22.9 Å². The molecule has 0 bridgehead atoms. The Balaban J connectivity index is 2.13. The molecule has 0 aliphatic heterocycles. The van der Waals surface area contributed by atoms with Gasteiger partial charge in [-0.1, -0.05) is 18.2 Å². The van der Waals surface area contributed by atoms with E-state index < -0.39 is 16.6 Å². The molecule has 0 aromatic heterocycles. The number of carbonyl (C=O) groups is 1. The molecule has 0 radical (unpaired) electrons. The standard InChI is InChI=1S/C15H13FO3S/c1-19-15-8-7-11(9-13(15)16)14(17)10-20(18)12-5-3-2-4-6-12/h2-9H,10H2,1H3. The number of hydrogen-bond donors (Lipinski definition) is 0. The fourth-order valence-electron chi connectivity index (χ4n) is 1.70. The van der Waals surface area contributed by atoms with E-state index in [1.54, 1.807) is 30.3 Å². The zero-order valence-electron chi connectivity index (χ0n) is 10.8. The third kappa shape index (κ3) is 3.30. The van der Waals surface area contributed by atoms with Crippen LogP contribution in [0.25, 0.3) is 0 Å². The maximum Gasteiger partial charge on any atom is 0.175 e. The van der Waals surface area contributed by atoms with Crippen LogP contribution in [-0.2, 0) is 10.8 Å². The van der Waals surface area contributed by atoms with Gasteiger partial charge in [-0.3, -0.25) is 9.00 Å². The Bertz CT molecular complexity index is 641. The van der Waals surface area contributed by atoms with E-state index in [0.29, 0.717) is 4.90 Å². The summed E-state index contributed by atoms with van der Waals surface area (Å²) < 4.78 is 30.3. The normalized spacial score (nSPS) is 11.9. The van der Waals surface area contributed by atoms with Gasteiger partial charge < -0.3 is 4.74 Å². The van der Waals surface area contributed by atoms with Gasteiger partial charge in [0.25, 0.3) is 0 Å². The molecule has 2 aromatic rings. The first-order valence-corrected chi connectivity index (χ1v) is 7.24. The van der Waals surface area contributed by atoms with Gasteiger partial charge in [0.1, 0.15) is 0 Å². The first-order valence-electron chi connectivity index (χ1n) is 5.92. The highest BCUT2D eigenvalue weighted by Gasteiger charge is 2.14. The first-order chi connectivity index (χ1) is 9.61. The number of rotatable bonds is 5. The molecule has 0 saturated carbocycles. The summed E-state index contributed by atoms with van der Waals surface area (Å²) in [5.41, 5.74) is 0.188. The number of hydrogen-bond acceptors (Lipinski definition) is 3. The second-order valence-corrected chi connectivity index (χ2v) is 5.53. The largest absolute Gasteiger partial charge is 0.494 e. The SMILES string of the molecule is COc1ccc(C(=O)CS(=O)c2ccccc2)cc1F. The van der Waals surface area contributed by atoms with Gasteiger partial charge in [0, 0.05) is 10.5 Å². The summed E-state index contributed by atoms with van der Waals surface area (Å²) in [6, 6.07) is 12.6. The smallest absolute Gasteiger partial charge is 0.175 e. The molecule has 0 aliphatic carbocycles. The highest BCUT2D eigenvalue weighted by molar-refractivity contribution is 7.85. The molecule has 0 fully saturated rings. The third-order valence-corrected chi connectivity index (χ3v) is 4.06. The second kappa shape index (κ2) is 6.43. The van der Waals surface area contributed by atoms with Crippen LogP contribution in [0.1, 0.15) is 10.4 Å². The summed E-state index contributed by atoms with van der Waals surface area (Å²) in [5.74, 6) is -1.07. The van der Waals surface area contributed by atoms with E-state index in [4.69, 9.17) is 4.74 Å². The molecule has 0 N–H and O–H groups in total. The van der Waals surface area contributed by atoms with Crippen LogP contribution in [0.4, 0.5) is 4.39 Å². The van der Waals surface area contributed by atoms with Gasteiger partial charge in [-0.05, 0) is 30.3 Å². The minimum atomic E-state index is -1.43. The van der Waals surface area contributed by atoms with Gasteiger partial charge in [0.05, 0.1) is 23.7 Å². The lowest BCUT2D eigenvalue weighted by atomic mass is 10.1. The van der Waals surface area contributed by atoms with E-state index in [9.17, 15) is 13.4 Å². The van der Waals surface area contributed by atoms with E-state index in [2.05, 4.69) is 0 Å². The molecule has 2 rings (SSSR count). The molecule has 0 saturated heterocycles. The molecule has 2 aromatic carbocycles. The Kier molecular flexibility index (Phi) is 4.63. The predicted octanol–water partition coefficient (Wildman–Crippen LogP) is 2.82. The molecule has 104 valence electrons. The zero-order valence-corrected chi connectivity index (χ0v) is 11.7. The molecule has 1 atom stereocenters. The molecule has 3 nitrogen and oxygen atoms in total. The van der Waals surface area contributed by atoms with E-state index in [-0.39, 0.29) is 22.8 Å². The molecule has 0 aliphatic rings. The second-order valence-electron chi connectivity index (χ2n) is 4.08. The van der Waals surface area contributed by atoms with Crippen molar-refractivity contribution in [2.45, 2.75) is 4.90 Å². The van der Waals surface area contributed by atoms with Crippen molar-refractivity contribution >= 4 is 16.6 Å². The maximum absolute atomic E-state index is 13.5. The number of benzene rings is 2. The van der Waals surface area contributed by atoms with Crippen molar-refractivity contribution in [3.8, 4) is 5.75 Å². The van der Waals surface area contributed by atoms with Crippen molar-refractivity contribution in [1.29, 1.82) is 0 Å². The quantitative estimate of drug-likeness (QED) is 0.796. The van der Waals surface area contributed by atoms with Crippen LogP contribution < -0.4 is 4.74 Å². The summed E-state index contributed by atoms with van der Waals surface area (Å²) in [4.78, 5) is 12.6. The van der Waals surface area contributed by atoms with Gasteiger partial charge in [-0.2, -0.15) is 0 Å². The molecule has 20 heavy (non-hydrogen) atoms. The monoisotopic (exact) mass is 292 g/mol. The molecule has 0 heterocycles. The Morgan fingerprint density at radius 2 is 1.90 bits per heavy atom. The average Bonchev–Trinajstić information content (AvgIpc) is 2.48. The van der Waals surface area contributed by atoms with E-state index in [1.165, 1.54) is 19.2 Å². The highest BCUT2D eigenvalue weighted by Crippen LogP contribution is 2.18. The highest BCUT2D eigenvalue weighted by atomic mass is 32.2. The number of Topliss-reactive ketones (excluding diaryl/α,β-unsaturated/α-hetero) is 1. The molecular formula is C15H13FO3S. The van der Waals surface area contributed by atoms with Crippen LogP contribution in [0, 0.1) is 5.82 Å². The van der Waals surface area contributed by atoms with Crippen LogP contribution >= 0.6 is 0 Å². The van der Waals surface area contributed by atoms with Gasteiger partial charge in [0.2, 0.25) is 0 Å². The predicted molar refractivity (Wildman–Crippen MR) is 75.0 cm³/mol. The topological polar surface area (TPSA) is 43.4 Å². The molecular weight excluding hydrogens is 279 g/mol. The fraction of sp³-hybridized carbons (Fsp3) is 0.133. The van der Waals surface area contributed by atoms with Crippen molar-refractivity contribution in [1.82, 2.24) is 0 Å². The molecule has 0 amide bonds. The lowest BCUT2D eigenvalue weighted by Crippen LogP contribution is -2.11. The van der Waals surface area contributed by atoms with Crippen molar-refractivity contribution in [2.75, 3.05) is 12.9 Å². The summed E-state index contributed by atoms with van der Waals surface area (Å²) >= 11 is 0. The van der Waals surface area contributed by atoms with E-state index in [0.717, 1.165) is 6.07 Å². The Labute approximate surface area is 118 Å². The van der Waals surface area contributed by atoms with Crippen LogP contribution in [0.15, 0.2) is 53.4 Å². The zero-order chi connectivity index (χ0) is 14.5. The Hall–Kier alpha value is -2.01. The summed E-state index contributed by atoms with van der Waals surface area (Å²) in [7, 11) is -0.0794. The summed E-state index contributed by atoms with van der Waals surface area (Å²) in [5, 5.41) is 0. The number of ether oxygens (including phenoxy) is 1. The number of methoxy groups -OCH3 is 1. The van der Waals surface area contributed by atoms with E-state index in [1.807, 2.05) is 0 Å². The Morgan fingerprint density at radius 3 is 2.50 bits per heavy atom. The summed E-state index contributed by atoms with van der Waals surface area (Å²) in [6.45, 7) is 0. The fourth-order valence-corrected chi connectivity index (χ4v) is 2.73. The number of ketones is 1. The minimum Gasteiger partial charge on any atom is -0.494 e. The van der Waals surface area contributed by atoms with Gasteiger partial charge in [0.15, 0.2) is 17.3 Å². The molecule has 1 unspecified atom stereocenters. The molecule has 5 heteroatoms. The Morgan fingerprint density at radius 1 is 1.20 bits per heavy atom. The lowest BCUT2D eigenvalue weighted by Gasteiger charge is -2.05. The van der Waals surface area contributed by atoms with Gasteiger partial charge in [-0.25, -0.2) is 4.39 Å². The third-order valence-electron chi connectivity index (χ3n) is 2.74.